The molecule has 2 N–H and O–H groups in total. The SMILES string of the molecule is CCC1=C(CC)c2nc1cc1[nH]c(cc3[nH]c(cc4nc(n2)C(CC)=C4CC)c(CC)c3CC)c(CC)c1CC. The molecule has 5 nitrogen and oxygen atoms in total. The lowest BCUT2D eigenvalue weighted by molar-refractivity contribution is 1.05. The fraction of sp³-hybridized carbons (Fsp3) is 0.457. The first-order valence-corrected chi connectivity index (χ1v) is 15.6. The van der Waals surface area contributed by atoms with Crippen LogP contribution >= 0.6 is 0 Å². The van der Waals surface area contributed by atoms with Crippen LogP contribution in [-0.4, -0.2) is 24.9 Å². The van der Waals surface area contributed by atoms with Gasteiger partial charge in [0, 0.05) is 33.2 Å². The van der Waals surface area contributed by atoms with Gasteiger partial charge in [-0.15, -0.1) is 0 Å². The van der Waals surface area contributed by atoms with Crippen molar-refractivity contribution in [1.29, 1.82) is 0 Å². The van der Waals surface area contributed by atoms with Crippen molar-refractivity contribution in [1.82, 2.24) is 24.9 Å². The summed E-state index contributed by atoms with van der Waals surface area (Å²) in [7, 11) is 0. The maximum atomic E-state index is 5.19. The molecule has 210 valence electrons. The number of rotatable bonds is 8. The molecule has 8 bridgehead atoms. The molecular weight excluding hydrogens is 490 g/mol. The van der Waals surface area contributed by atoms with E-state index in [1.54, 1.807) is 0 Å². The van der Waals surface area contributed by atoms with Crippen molar-refractivity contribution in [3.63, 3.8) is 0 Å². The maximum Gasteiger partial charge on any atom is 0.158 e. The van der Waals surface area contributed by atoms with Gasteiger partial charge in [0.2, 0.25) is 0 Å². The molecule has 5 rings (SSSR count). The highest BCUT2D eigenvalue weighted by atomic mass is 15.0. The zero-order valence-electron chi connectivity index (χ0n) is 25.7. The number of hydrogen-bond acceptors (Lipinski definition) is 3. The highest BCUT2D eigenvalue weighted by Gasteiger charge is 2.23. The molecule has 5 heterocycles. The van der Waals surface area contributed by atoms with Crippen molar-refractivity contribution in [3.8, 4) is 0 Å². The van der Waals surface area contributed by atoms with Crippen LogP contribution < -0.4 is 0 Å². The molecule has 40 heavy (non-hydrogen) atoms. The van der Waals surface area contributed by atoms with E-state index in [-0.39, 0.29) is 0 Å². The largest absolute Gasteiger partial charge is 0.355 e. The molecular formula is C35H45N5. The fourth-order valence-corrected chi connectivity index (χ4v) is 6.90. The predicted molar refractivity (Wildman–Crippen MR) is 171 cm³/mol. The first-order valence-electron chi connectivity index (χ1n) is 15.6. The third-order valence-electron chi connectivity index (χ3n) is 8.80. The van der Waals surface area contributed by atoms with Crippen molar-refractivity contribution in [2.75, 3.05) is 0 Å². The Morgan fingerprint density at radius 3 is 1.02 bits per heavy atom. The van der Waals surface area contributed by atoms with Crippen LogP contribution in [0.15, 0.2) is 18.2 Å². The first-order chi connectivity index (χ1) is 19.5. The van der Waals surface area contributed by atoms with E-state index < -0.39 is 0 Å². The van der Waals surface area contributed by atoms with Crippen molar-refractivity contribution in [2.45, 2.75) is 107 Å². The zero-order chi connectivity index (χ0) is 28.6. The normalized spacial score (nSPS) is 13.6. The number of fused-ring (bicyclic) bond motifs is 8. The van der Waals surface area contributed by atoms with E-state index in [0.717, 1.165) is 74.4 Å². The van der Waals surface area contributed by atoms with E-state index in [1.165, 1.54) is 66.6 Å². The molecule has 0 radical (unpaired) electrons. The third kappa shape index (κ3) is 4.53. The van der Waals surface area contributed by atoms with Crippen molar-refractivity contribution in [2.24, 2.45) is 0 Å². The average Bonchev–Trinajstić information content (AvgIpc) is 3.67. The van der Waals surface area contributed by atoms with Gasteiger partial charge >= 0.3 is 0 Å². The summed E-state index contributed by atoms with van der Waals surface area (Å²) >= 11 is 0. The molecule has 0 atom stereocenters. The summed E-state index contributed by atoms with van der Waals surface area (Å²) in [6, 6.07) is 6.88. The number of allylic oxidation sites excluding steroid dienone is 4. The van der Waals surface area contributed by atoms with Crippen molar-refractivity contribution in [3.05, 3.63) is 63.5 Å². The van der Waals surface area contributed by atoms with E-state index >= 15 is 0 Å². The Morgan fingerprint density at radius 2 is 0.725 bits per heavy atom. The summed E-state index contributed by atoms with van der Waals surface area (Å²) in [6.45, 7) is 17.9. The van der Waals surface area contributed by atoms with Gasteiger partial charge in [-0.05, 0) is 103 Å². The van der Waals surface area contributed by atoms with Crippen LogP contribution in [-0.2, 0) is 25.7 Å². The van der Waals surface area contributed by atoms with Gasteiger partial charge in [0.05, 0.1) is 11.4 Å². The highest BCUT2D eigenvalue weighted by Crippen LogP contribution is 2.37. The van der Waals surface area contributed by atoms with Gasteiger partial charge in [0.25, 0.3) is 0 Å². The molecule has 0 aromatic carbocycles. The van der Waals surface area contributed by atoms with E-state index in [9.17, 15) is 0 Å². The molecule has 0 unspecified atom stereocenters. The minimum absolute atomic E-state index is 0.830. The lowest BCUT2D eigenvalue weighted by Gasteiger charge is -2.04. The topological polar surface area (TPSA) is 70.2 Å². The van der Waals surface area contributed by atoms with Gasteiger partial charge in [-0.2, -0.15) is 0 Å². The summed E-state index contributed by atoms with van der Waals surface area (Å²) in [5.74, 6) is 1.66. The number of aromatic nitrogens is 5. The molecule has 3 aromatic heterocycles. The Labute approximate surface area is 239 Å². The summed E-state index contributed by atoms with van der Waals surface area (Å²) in [4.78, 5) is 23.2. The van der Waals surface area contributed by atoms with E-state index in [4.69, 9.17) is 15.0 Å². The van der Waals surface area contributed by atoms with Crippen molar-refractivity contribution >= 4 is 44.4 Å². The zero-order valence-corrected chi connectivity index (χ0v) is 25.7. The van der Waals surface area contributed by atoms with Gasteiger partial charge in [0.15, 0.2) is 11.6 Å². The van der Waals surface area contributed by atoms with Crippen LogP contribution in [0.4, 0.5) is 0 Å². The molecule has 0 saturated heterocycles. The van der Waals surface area contributed by atoms with Gasteiger partial charge in [-0.25, -0.2) is 15.0 Å². The molecule has 0 spiro atoms. The second-order valence-electron chi connectivity index (χ2n) is 10.7. The number of H-pyrrole nitrogens is 2. The summed E-state index contributed by atoms with van der Waals surface area (Å²) < 4.78 is 0. The first kappa shape index (κ1) is 28.1. The number of hydrogen-bond donors (Lipinski definition) is 2. The smallest absolute Gasteiger partial charge is 0.158 e. The predicted octanol–water partition coefficient (Wildman–Crippen LogP) is 9.42. The second kappa shape index (κ2) is 11.6. The van der Waals surface area contributed by atoms with Crippen LogP contribution in [0.3, 0.4) is 0 Å². The van der Waals surface area contributed by atoms with E-state index in [1.807, 2.05) is 0 Å². The van der Waals surface area contributed by atoms with Crippen LogP contribution in [0.25, 0.3) is 44.4 Å². The number of aryl methyl sites for hydroxylation is 4. The van der Waals surface area contributed by atoms with Crippen LogP contribution in [0.5, 0.6) is 0 Å². The number of nitrogens with one attached hydrogen (secondary N) is 2. The molecule has 5 heteroatoms. The average molecular weight is 536 g/mol. The standard InChI is InChI=1S/C35H45N5/c1-9-20-22(11-3)30-18-32-24(13-5)26(15-7)34(38-32)40-35-27(16-8)25(14-6)33(39-35)19-31-23(12-4)21(10-2)29(37-31)17-28(20)36-30/h17-19,36-37H,9-16H2,1-8H3. The fourth-order valence-electron chi connectivity index (χ4n) is 6.90. The molecule has 2 aliphatic heterocycles. The monoisotopic (exact) mass is 535 g/mol. The third-order valence-corrected chi connectivity index (χ3v) is 8.80. The Kier molecular flexibility index (Phi) is 8.11. The Morgan fingerprint density at radius 1 is 0.400 bits per heavy atom. The van der Waals surface area contributed by atoms with Gasteiger partial charge < -0.3 is 9.97 Å². The summed E-state index contributed by atoms with van der Waals surface area (Å²) in [6.07, 6.45) is 7.58. The molecule has 0 aliphatic carbocycles. The lowest BCUT2D eigenvalue weighted by Crippen LogP contribution is -1.92. The van der Waals surface area contributed by atoms with Crippen molar-refractivity contribution < 1.29 is 0 Å². The Balaban J connectivity index is 2.03. The van der Waals surface area contributed by atoms with Gasteiger partial charge in [-0.1, -0.05) is 55.4 Å². The van der Waals surface area contributed by atoms with E-state index in [0.29, 0.717) is 0 Å². The molecule has 0 fully saturated rings. The van der Waals surface area contributed by atoms with Crippen LogP contribution in [0.1, 0.15) is 126 Å². The summed E-state index contributed by atoms with van der Waals surface area (Å²) in [5.41, 5.74) is 17.4. The summed E-state index contributed by atoms with van der Waals surface area (Å²) in [5, 5.41) is 0. The van der Waals surface area contributed by atoms with Crippen LogP contribution in [0, 0.1) is 0 Å². The molecule has 0 amide bonds. The van der Waals surface area contributed by atoms with Gasteiger partial charge in [0.1, 0.15) is 0 Å². The minimum Gasteiger partial charge on any atom is -0.355 e. The quantitative estimate of drug-likeness (QED) is 0.302. The van der Waals surface area contributed by atoms with E-state index in [2.05, 4.69) is 83.6 Å². The Hall–Kier alpha value is -3.47. The highest BCUT2D eigenvalue weighted by molar-refractivity contribution is 5.94. The lowest BCUT2D eigenvalue weighted by atomic mass is 10.0. The molecule has 3 aromatic rings. The second-order valence-corrected chi connectivity index (χ2v) is 10.7. The Bertz CT molecular complexity index is 1550. The number of aromatic amines is 2. The minimum atomic E-state index is 0.830. The molecule has 0 saturated carbocycles. The molecule has 2 aliphatic rings. The van der Waals surface area contributed by atoms with Crippen LogP contribution in [0.2, 0.25) is 0 Å². The maximum absolute atomic E-state index is 5.19. The van der Waals surface area contributed by atoms with Gasteiger partial charge in [-0.3, -0.25) is 0 Å². The number of nitrogens with zero attached hydrogens (tertiary/aromatic N) is 3.